The van der Waals surface area contributed by atoms with Crippen molar-refractivity contribution in [2.75, 3.05) is 18.1 Å². The largest absolute Gasteiger partial charge is 0.478 e. The Morgan fingerprint density at radius 2 is 2.00 bits per heavy atom. The number of hydrogen-bond donors (Lipinski definition) is 3. The fraction of sp³-hybridized carbons (Fsp3) is 0.409. The van der Waals surface area contributed by atoms with E-state index in [1.165, 1.54) is 15.2 Å². The highest BCUT2D eigenvalue weighted by atomic mass is 32.3. The molecule has 0 spiro atoms. The maximum absolute atomic E-state index is 14.7. The van der Waals surface area contributed by atoms with Crippen molar-refractivity contribution in [3.8, 4) is 11.6 Å². The molecule has 4 rings (SSSR count). The summed E-state index contributed by atoms with van der Waals surface area (Å²) in [6.07, 6.45) is 1.01. The Morgan fingerprint density at radius 1 is 1.30 bits per heavy atom. The molecule has 0 unspecified atom stereocenters. The normalized spacial score (nSPS) is 17.6. The molecule has 1 aliphatic rings. The number of aromatic nitrogens is 3. The number of benzene rings is 1. The van der Waals surface area contributed by atoms with Gasteiger partial charge >= 0.3 is 5.69 Å². The molecule has 0 atom stereocenters. The van der Waals surface area contributed by atoms with Crippen molar-refractivity contribution in [2.45, 2.75) is 39.3 Å². The molecule has 11 heteroatoms. The number of ether oxygens (including phenoxy) is 1. The Balaban J connectivity index is 1.80. The van der Waals surface area contributed by atoms with Gasteiger partial charge in [-0.1, -0.05) is 0 Å². The lowest BCUT2D eigenvalue weighted by molar-refractivity contribution is 0.0914. The van der Waals surface area contributed by atoms with Crippen LogP contribution < -0.4 is 15.7 Å². The molecular weight excluding hydrogens is 451 g/mol. The number of carbonyl (C=O) groups excluding carboxylic acids is 1. The Morgan fingerprint density at radius 3 is 2.61 bits per heavy atom. The second-order valence-corrected chi connectivity index (χ2v) is 11.0. The van der Waals surface area contributed by atoms with Crippen molar-refractivity contribution in [1.82, 2.24) is 19.4 Å². The highest BCUT2D eigenvalue weighted by Gasteiger charge is 2.45. The number of carbonyl (C=O) groups is 1. The summed E-state index contributed by atoms with van der Waals surface area (Å²) in [7, 11) is -2.63. The molecule has 3 N–H and O–H groups in total. The zero-order valence-electron chi connectivity index (χ0n) is 18.8. The van der Waals surface area contributed by atoms with Crippen molar-refractivity contribution in [2.24, 2.45) is 0 Å². The lowest BCUT2D eigenvalue weighted by Gasteiger charge is -2.54. The molecule has 33 heavy (non-hydrogen) atoms. The van der Waals surface area contributed by atoms with Crippen LogP contribution in [0.5, 0.6) is 5.88 Å². The predicted octanol–water partition coefficient (Wildman–Crippen LogP) is 3.56. The number of nitrogens with one attached hydrogen (secondary N) is 1. The highest BCUT2D eigenvalue weighted by Crippen LogP contribution is 2.53. The third-order valence-electron chi connectivity index (χ3n) is 5.51. The van der Waals surface area contributed by atoms with Crippen LogP contribution in [0.4, 0.5) is 4.39 Å². The van der Waals surface area contributed by atoms with Crippen LogP contribution in [0.15, 0.2) is 35.3 Å². The van der Waals surface area contributed by atoms with Gasteiger partial charge in [-0.2, -0.15) is 10.6 Å². The average molecular weight is 479 g/mol. The maximum Gasteiger partial charge on any atom is 0.334 e. The van der Waals surface area contributed by atoms with Crippen LogP contribution in [0.2, 0.25) is 0 Å². The highest BCUT2D eigenvalue weighted by molar-refractivity contribution is 8.25. The van der Waals surface area contributed by atoms with E-state index in [4.69, 9.17) is 4.74 Å². The summed E-state index contributed by atoms with van der Waals surface area (Å²) in [5.41, 5.74) is 0.0625. The SMILES string of the molecule is CCOc1cc(-n2c(=O)n(C(C)C)c3cc(C(=O)NC4(C)CS(O)(O)C4)ccc32)c(F)cn1. The number of nitrogens with zero attached hydrogens (tertiary/aromatic N) is 3. The molecule has 1 fully saturated rings. The smallest absolute Gasteiger partial charge is 0.334 e. The summed E-state index contributed by atoms with van der Waals surface area (Å²) in [4.78, 5) is 30.1. The van der Waals surface area contributed by atoms with Gasteiger partial charge in [0.2, 0.25) is 5.88 Å². The first kappa shape index (κ1) is 23.3. The van der Waals surface area contributed by atoms with Crippen LogP contribution in [0.25, 0.3) is 16.7 Å². The van der Waals surface area contributed by atoms with Crippen LogP contribution in [0, 0.1) is 5.82 Å². The number of pyridine rings is 1. The standard InChI is InChI=1S/C22H27FN4O5S/c1-5-32-19-9-17(15(23)10-24-19)27-16-7-6-14(8-18(16)26(13(2)3)21(27)29)20(28)25-22(4)11-33(30,31)12-22/h6-10,13,30-31H,5,11-12H2,1-4H3,(H,25,28). The summed E-state index contributed by atoms with van der Waals surface area (Å²) in [6.45, 7) is 7.52. The Kier molecular flexibility index (Phi) is 5.75. The topological polar surface area (TPSA) is 119 Å². The quantitative estimate of drug-likeness (QED) is 0.499. The minimum absolute atomic E-state index is 0.00670. The summed E-state index contributed by atoms with van der Waals surface area (Å²) in [6, 6.07) is 5.86. The van der Waals surface area contributed by atoms with E-state index in [2.05, 4.69) is 10.3 Å². The first-order valence-corrected chi connectivity index (χ1v) is 12.4. The third-order valence-corrected chi connectivity index (χ3v) is 7.71. The lowest BCUT2D eigenvalue weighted by atomic mass is 10.1. The van der Waals surface area contributed by atoms with Gasteiger partial charge in [-0.15, -0.1) is 0 Å². The molecule has 3 heterocycles. The second-order valence-electron chi connectivity index (χ2n) is 8.80. The molecule has 1 aliphatic heterocycles. The van der Waals surface area contributed by atoms with E-state index in [0.717, 1.165) is 6.20 Å². The molecule has 3 aromatic rings. The molecule has 1 saturated heterocycles. The molecule has 0 radical (unpaired) electrons. The number of halogens is 1. The Bertz CT molecular complexity index is 1290. The minimum Gasteiger partial charge on any atom is -0.478 e. The van der Waals surface area contributed by atoms with E-state index in [1.54, 1.807) is 32.0 Å². The van der Waals surface area contributed by atoms with Crippen molar-refractivity contribution in [3.63, 3.8) is 0 Å². The summed E-state index contributed by atoms with van der Waals surface area (Å²) in [5.74, 6) is -0.669. The zero-order valence-corrected chi connectivity index (χ0v) is 19.6. The molecule has 1 aromatic carbocycles. The lowest BCUT2D eigenvalue weighted by Crippen LogP contribution is -2.61. The molecule has 1 amide bonds. The number of hydrogen-bond acceptors (Lipinski definition) is 6. The first-order chi connectivity index (χ1) is 15.4. The van der Waals surface area contributed by atoms with Gasteiger partial charge in [0, 0.05) is 17.7 Å². The van der Waals surface area contributed by atoms with Crippen molar-refractivity contribution < 1.29 is 23.0 Å². The summed E-state index contributed by atoms with van der Waals surface area (Å²) >= 11 is 0. The van der Waals surface area contributed by atoms with E-state index in [0.29, 0.717) is 23.2 Å². The number of rotatable bonds is 6. The van der Waals surface area contributed by atoms with Crippen LogP contribution >= 0.6 is 10.6 Å². The van der Waals surface area contributed by atoms with Gasteiger partial charge < -0.3 is 10.1 Å². The number of fused-ring (bicyclic) bond motifs is 1. The third kappa shape index (κ3) is 4.23. The fourth-order valence-electron chi connectivity index (χ4n) is 4.30. The molecule has 0 bridgehead atoms. The van der Waals surface area contributed by atoms with E-state index < -0.39 is 33.5 Å². The van der Waals surface area contributed by atoms with Gasteiger partial charge in [-0.05, 0) is 45.9 Å². The summed E-state index contributed by atoms with van der Waals surface area (Å²) < 4.78 is 42.2. The molecule has 2 aromatic heterocycles. The molecular formula is C22H27FN4O5S. The van der Waals surface area contributed by atoms with Crippen LogP contribution in [0.3, 0.4) is 0 Å². The second kappa shape index (κ2) is 8.15. The van der Waals surface area contributed by atoms with E-state index in [-0.39, 0.29) is 29.1 Å². The van der Waals surface area contributed by atoms with Gasteiger partial charge in [0.15, 0.2) is 5.82 Å². The van der Waals surface area contributed by atoms with Crippen molar-refractivity contribution in [1.29, 1.82) is 0 Å². The molecule has 0 saturated carbocycles. The van der Waals surface area contributed by atoms with E-state index in [9.17, 15) is 23.1 Å². The summed E-state index contributed by atoms with van der Waals surface area (Å²) in [5, 5.41) is 2.84. The first-order valence-electron chi connectivity index (χ1n) is 10.6. The predicted molar refractivity (Wildman–Crippen MR) is 125 cm³/mol. The average Bonchev–Trinajstić information content (AvgIpc) is 2.98. The van der Waals surface area contributed by atoms with Gasteiger partial charge in [-0.3, -0.25) is 23.0 Å². The Labute approximate surface area is 191 Å². The molecule has 0 aliphatic carbocycles. The maximum atomic E-state index is 14.7. The van der Waals surface area contributed by atoms with Crippen molar-refractivity contribution >= 4 is 27.5 Å². The Hall–Kier alpha value is -2.89. The van der Waals surface area contributed by atoms with Gasteiger partial charge in [0.1, 0.15) is 0 Å². The minimum atomic E-state index is -2.63. The number of amides is 1. The number of imidazole rings is 1. The van der Waals surface area contributed by atoms with E-state index >= 15 is 0 Å². The van der Waals surface area contributed by atoms with Gasteiger partial charge in [0.25, 0.3) is 5.91 Å². The van der Waals surface area contributed by atoms with Gasteiger partial charge in [-0.25, -0.2) is 14.2 Å². The van der Waals surface area contributed by atoms with Crippen LogP contribution in [-0.4, -0.2) is 52.8 Å². The molecule has 9 nitrogen and oxygen atoms in total. The van der Waals surface area contributed by atoms with Crippen LogP contribution in [-0.2, 0) is 0 Å². The molecule has 178 valence electrons. The van der Waals surface area contributed by atoms with Crippen LogP contribution in [0.1, 0.15) is 44.1 Å². The van der Waals surface area contributed by atoms with E-state index in [1.807, 2.05) is 13.8 Å². The monoisotopic (exact) mass is 478 g/mol. The van der Waals surface area contributed by atoms with Crippen molar-refractivity contribution in [3.05, 3.63) is 52.3 Å². The zero-order chi connectivity index (χ0) is 24.1. The fourth-order valence-corrected chi connectivity index (χ4v) is 6.40. The van der Waals surface area contributed by atoms with Gasteiger partial charge in [0.05, 0.1) is 46.6 Å².